The highest BCUT2D eigenvalue weighted by Crippen LogP contribution is 2.37. The van der Waals surface area contributed by atoms with Gasteiger partial charge in [-0.05, 0) is 32.2 Å². The van der Waals surface area contributed by atoms with Gasteiger partial charge in [-0.25, -0.2) is 19.3 Å². The molecule has 2 N–H and O–H groups in total. The van der Waals surface area contributed by atoms with Crippen LogP contribution in [-0.4, -0.2) is 22.0 Å². The maximum absolute atomic E-state index is 14.2. The highest BCUT2D eigenvalue weighted by atomic mass is 35.5. The van der Waals surface area contributed by atoms with Crippen LogP contribution >= 0.6 is 22.9 Å². The number of hydrogen-bond acceptors (Lipinski definition) is 6. The number of aromatic nitrogens is 3. The van der Waals surface area contributed by atoms with Gasteiger partial charge >= 0.3 is 6.18 Å². The predicted molar refractivity (Wildman–Crippen MR) is 100 cm³/mol. The summed E-state index contributed by atoms with van der Waals surface area (Å²) in [6, 6.07) is 2.18. The third-order valence-electron chi connectivity index (χ3n) is 3.68. The number of nitrogens with one attached hydrogen (secondary N) is 2. The Labute approximate surface area is 171 Å². The number of hydrogen-bond donors (Lipinski definition) is 2. The van der Waals surface area contributed by atoms with Crippen LogP contribution < -0.4 is 10.6 Å². The van der Waals surface area contributed by atoms with E-state index in [9.17, 15) is 22.0 Å². The first-order chi connectivity index (χ1) is 13.6. The molecule has 0 aliphatic carbocycles. The molecule has 1 aromatic carbocycles. The lowest BCUT2D eigenvalue weighted by molar-refractivity contribution is -0.137. The number of aryl methyl sites for hydroxylation is 1. The molecular formula is C17H13ClF5N5S. The fourth-order valence-corrected chi connectivity index (χ4v) is 3.72. The third-order valence-corrected chi connectivity index (χ3v) is 4.90. The van der Waals surface area contributed by atoms with Crippen molar-refractivity contribution in [2.45, 2.75) is 19.6 Å². The van der Waals surface area contributed by atoms with Gasteiger partial charge in [0, 0.05) is 17.0 Å². The molecule has 0 amide bonds. The largest absolute Gasteiger partial charge is 0.416 e. The van der Waals surface area contributed by atoms with Gasteiger partial charge in [0.05, 0.1) is 11.3 Å². The number of rotatable bonds is 5. The van der Waals surface area contributed by atoms with Crippen molar-refractivity contribution in [2.75, 3.05) is 12.4 Å². The zero-order chi connectivity index (χ0) is 21.3. The normalized spacial score (nSPS) is 11.7. The summed E-state index contributed by atoms with van der Waals surface area (Å²) in [7, 11) is 1.64. The monoisotopic (exact) mass is 449 g/mol. The van der Waals surface area contributed by atoms with E-state index in [0.717, 1.165) is 23.5 Å². The Morgan fingerprint density at radius 2 is 1.83 bits per heavy atom. The van der Waals surface area contributed by atoms with Gasteiger partial charge in [0.25, 0.3) is 0 Å². The van der Waals surface area contributed by atoms with E-state index in [-0.39, 0.29) is 39.7 Å². The first-order valence-corrected chi connectivity index (χ1v) is 9.27. The summed E-state index contributed by atoms with van der Waals surface area (Å²) < 4.78 is 67.1. The van der Waals surface area contributed by atoms with Crippen LogP contribution in [0.25, 0.3) is 11.3 Å². The van der Waals surface area contributed by atoms with Crippen molar-refractivity contribution in [3.63, 3.8) is 0 Å². The molecule has 0 saturated heterocycles. The minimum atomic E-state index is -4.71. The van der Waals surface area contributed by atoms with Gasteiger partial charge in [-0.15, -0.1) is 0 Å². The van der Waals surface area contributed by atoms with E-state index < -0.39 is 23.4 Å². The number of alkyl halides is 3. The summed E-state index contributed by atoms with van der Waals surface area (Å²) in [4.78, 5) is 12.3. The first-order valence-electron chi connectivity index (χ1n) is 8.07. The highest BCUT2D eigenvalue weighted by Gasteiger charge is 2.32. The molecule has 0 saturated carbocycles. The molecular weight excluding hydrogens is 437 g/mol. The van der Waals surface area contributed by atoms with Crippen LogP contribution in [0.3, 0.4) is 0 Å². The molecule has 0 aliphatic heterocycles. The van der Waals surface area contributed by atoms with Crippen LogP contribution in [0.5, 0.6) is 0 Å². The highest BCUT2D eigenvalue weighted by molar-refractivity contribution is 7.16. The van der Waals surface area contributed by atoms with Crippen LogP contribution in [0.2, 0.25) is 5.15 Å². The van der Waals surface area contributed by atoms with Crippen molar-refractivity contribution in [1.29, 1.82) is 0 Å². The summed E-state index contributed by atoms with van der Waals surface area (Å²) in [6.07, 6.45) is -4.71. The van der Waals surface area contributed by atoms with Gasteiger partial charge in [0.2, 0.25) is 5.82 Å². The number of nitrogens with zero attached hydrogens (tertiary/aromatic N) is 3. The molecule has 0 atom stereocenters. The second-order valence-corrected chi connectivity index (χ2v) is 7.34. The SMILES string of the molecule is CNCc1sc(Nc2nc(C)nc(Cl)c2F)nc1-c1cc(F)cc(C(F)(F)F)c1. The van der Waals surface area contributed by atoms with Crippen molar-refractivity contribution < 1.29 is 22.0 Å². The Kier molecular flexibility index (Phi) is 6.01. The van der Waals surface area contributed by atoms with Gasteiger partial charge in [-0.2, -0.15) is 17.6 Å². The average Bonchev–Trinajstić information content (AvgIpc) is 3.01. The summed E-state index contributed by atoms with van der Waals surface area (Å²) in [5, 5.41) is 5.29. The molecule has 5 nitrogen and oxygen atoms in total. The van der Waals surface area contributed by atoms with Gasteiger partial charge in [0.1, 0.15) is 11.6 Å². The van der Waals surface area contributed by atoms with Crippen molar-refractivity contribution >= 4 is 33.9 Å². The number of benzene rings is 1. The van der Waals surface area contributed by atoms with Crippen LogP contribution in [-0.2, 0) is 12.7 Å². The van der Waals surface area contributed by atoms with Gasteiger partial charge < -0.3 is 10.6 Å². The lowest BCUT2D eigenvalue weighted by Gasteiger charge is -2.09. The Morgan fingerprint density at radius 3 is 2.48 bits per heavy atom. The van der Waals surface area contributed by atoms with Crippen molar-refractivity contribution in [3.8, 4) is 11.3 Å². The zero-order valence-corrected chi connectivity index (χ0v) is 16.5. The maximum atomic E-state index is 14.2. The van der Waals surface area contributed by atoms with Gasteiger partial charge in [0.15, 0.2) is 16.1 Å². The molecule has 0 bridgehead atoms. The van der Waals surface area contributed by atoms with Crippen LogP contribution in [0.4, 0.5) is 32.9 Å². The smallest absolute Gasteiger partial charge is 0.315 e. The quantitative estimate of drug-likeness (QED) is 0.407. The molecule has 0 unspecified atom stereocenters. The first kappa shape index (κ1) is 21.3. The van der Waals surface area contributed by atoms with E-state index >= 15 is 0 Å². The standard InChI is InChI=1S/C17H13ClF5N5S/c1-7-25-14(18)12(20)15(26-7)28-16-27-13(11(29-16)6-24-2)8-3-9(17(21,22)23)5-10(19)4-8/h3-5,24H,6H2,1-2H3,(H,25,26,27,28). The number of halogens is 6. The van der Waals surface area contributed by atoms with Crippen LogP contribution in [0.15, 0.2) is 18.2 Å². The topological polar surface area (TPSA) is 62.7 Å². The van der Waals surface area contributed by atoms with Crippen molar-refractivity contribution in [2.24, 2.45) is 0 Å². The third kappa shape index (κ3) is 4.80. The molecule has 0 radical (unpaired) electrons. The minimum Gasteiger partial charge on any atom is -0.315 e. The number of anilines is 2. The molecule has 0 spiro atoms. The molecule has 0 fully saturated rings. The van der Waals surface area contributed by atoms with E-state index in [1.165, 1.54) is 6.92 Å². The molecule has 2 aromatic heterocycles. The molecule has 29 heavy (non-hydrogen) atoms. The summed E-state index contributed by atoms with van der Waals surface area (Å²) in [5.74, 6) is -1.95. The van der Waals surface area contributed by atoms with Crippen LogP contribution in [0, 0.1) is 18.6 Å². The Bertz CT molecular complexity index is 1050. The van der Waals surface area contributed by atoms with E-state index in [1.807, 2.05) is 0 Å². The number of thiazole rings is 1. The van der Waals surface area contributed by atoms with E-state index in [2.05, 4.69) is 25.6 Å². The molecule has 0 aliphatic rings. The Morgan fingerprint density at radius 1 is 1.10 bits per heavy atom. The van der Waals surface area contributed by atoms with Crippen LogP contribution in [0.1, 0.15) is 16.3 Å². The van der Waals surface area contributed by atoms with Gasteiger partial charge in [-0.1, -0.05) is 22.9 Å². The van der Waals surface area contributed by atoms with E-state index in [4.69, 9.17) is 11.6 Å². The molecule has 12 heteroatoms. The summed E-state index contributed by atoms with van der Waals surface area (Å²) in [5.41, 5.74) is -1.05. The Hall–Kier alpha value is -2.37. The second kappa shape index (κ2) is 8.17. The fourth-order valence-electron chi connectivity index (χ4n) is 2.51. The van der Waals surface area contributed by atoms with E-state index in [0.29, 0.717) is 10.9 Å². The minimum absolute atomic E-state index is 0.0516. The van der Waals surface area contributed by atoms with Crippen molar-refractivity contribution in [3.05, 3.63) is 51.3 Å². The fraction of sp³-hybridized carbons (Fsp3) is 0.235. The average molecular weight is 450 g/mol. The summed E-state index contributed by atoms with van der Waals surface area (Å²) >= 11 is 6.76. The lowest BCUT2D eigenvalue weighted by atomic mass is 10.1. The second-order valence-electron chi connectivity index (χ2n) is 5.90. The molecule has 154 valence electrons. The Balaban J connectivity index is 2.06. The summed E-state index contributed by atoms with van der Waals surface area (Å²) in [6.45, 7) is 1.76. The maximum Gasteiger partial charge on any atom is 0.416 e. The molecule has 3 rings (SSSR count). The van der Waals surface area contributed by atoms with Crippen molar-refractivity contribution in [1.82, 2.24) is 20.3 Å². The molecule has 3 aromatic rings. The van der Waals surface area contributed by atoms with E-state index in [1.54, 1.807) is 7.05 Å². The molecule has 2 heterocycles. The zero-order valence-electron chi connectivity index (χ0n) is 15.0. The van der Waals surface area contributed by atoms with Gasteiger partial charge in [-0.3, -0.25) is 0 Å². The lowest BCUT2D eigenvalue weighted by Crippen LogP contribution is -2.07. The predicted octanol–water partition coefficient (Wildman–Crippen LogP) is 5.32.